The highest BCUT2D eigenvalue weighted by Gasteiger charge is 2.46. The van der Waals surface area contributed by atoms with Crippen molar-refractivity contribution in [3.63, 3.8) is 0 Å². The fraction of sp³-hybridized carbons (Fsp3) is 0.385. The minimum absolute atomic E-state index is 0.0421. The first kappa shape index (κ1) is 14.6. The van der Waals surface area contributed by atoms with E-state index in [9.17, 15) is 19.1 Å². The number of carbonyl (C=O) groups excluding carboxylic acids is 1. The molecule has 1 atom stereocenters. The second-order valence-electron chi connectivity index (χ2n) is 4.89. The maximum Gasteiger partial charge on any atom is 0.329 e. The number of anilines is 1. The molecule has 1 aromatic rings. The molecule has 1 saturated heterocycles. The van der Waals surface area contributed by atoms with E-state index in [2.05, 4.69) is 5.32 Å². The van der Waals surface area contributed by atoms with E-state index in [1.807, 2.05) is 0 Å². The molecule has 1 aromatic carbocycles. The Morgan fingerprint density at radius 1 is 1.50 bits per heavy atom. The summed E-state index contributed by atoms with van der Waals surface area (Å²) >= 11 is 5.56. The van der Waals surface area contributed by atoms with Crippen LogP contribution >= 0.6 is 11.6 Å². The van der Waals surface area contributed by atoms with E-state index in [-0.39, 0.29) is 10.7 Å². The molecule has 0 saturated carbocycles. The highest BCUT2D eigenvalue weighted by Crippen LogP contribution is 2.30. The summed E-state index contributed by atoms with van der Waals surface area (Å²) in [6, 6.07) is 3.31. The lowest BCUT2D eigenvalue weighted by molar-refractivity contribution is -0.146. The van der Waals surface area contributed by atoms with Gasteiger partial charge in [0.2, 0.25) is 0 Å². The zero-order valence-corrected chi connectivity index (χ0v) is 11.6. The van der Waals surface area contributed by atoms with Crippen molar-refractivity contribution in [2.45, 2.75) is 25.3 Å². The first-order valence-corrected chi connectivity index (χ1v) is 6.49. The summed E-state index contributed by atoms with van der Waals surface area (Å²) in [6.45, 7) is 1.86. The Bertz CT molecular complexity index is 567. The van der Waals surface area contributed by atoms with Crippen LogP contribution in [0.15, 0.2) is 18.2 Å². The molecule has 108 valence electrons. The van der Waals surface area contributed by atoms with E-state index in [4.69, 9.17) is 11.6 Å². The molecule has 20 heavy (non-hydrogen) atoms. The van der Waals surface area contributed by atoms with Gasteiger partial charge in [0, 0.05) is 12.2 Å². The van der Waals surface area contributed by atoms with Gasteiger partial charge in [-0.15, -0.1) is 0 Å². The van der Waals surface area contributed by atoms with Crippen LogP contribution in [-0.2, 0) is 4.79 Å². The molecule has 0 spiro atoms. The van der Waals surface area contributed by atoms with Crippen molar-refractivity contribution in [3.8, 4) is 0 Å². The van der Waals surface area contributed by atoms with Gasteiger partial charge in [-0.2, -0.15) is 0 Å². The van der Waals surface area contributed by atoms with Crippen LogP contribution in [0, 0.1) is 5.82 Å². The number of carbonyl (C=O) groups is 2. The van der Waals surface area contributed by atoms with E-state index in [1.165, 1.54) is 24.0 Å². The van der Waals surface area contributed by atoms with Gasteiger partial charge >= 0.3 is 12.0 Å². The minimum atomic E-state index is -1.23. The maximum absolute atomic E-state index is 13.3. The van der Waals surface area contributed by atoms with Gasteiger partial charge in [0.25, 0.3) is 0 Å². The lowest BCUT2D eigenvalue weighted by Crippen LogP contribution is -2.52. The Kier molecular flexibility index (Phi) is 3.85. The van der Waals surface area contributed by atoms with Gasteiger partial charge in [0.1, 0.15) is 11.4 Å². The zero-order chi connectivity index (χ0) is 14.9. The number of nitrogens with zero attached hydrogens (tertiary/aromatic N) is 1. The largest absolute Gasteiger partial charge is 0.480 e. The average molecular weight is 301 g/mol. The third-order valence-electron chi connectivity index (χ3n) is 3.52. The summed E-state index contributed by atoms with van der Waals surface area (Å²) < 4.78 is 13.3. The number of nitrogens with one attached hydrogen (secondary N) is 1. The first-order valence-electron chi connectivity index (χ1n) is 6.11. The van der Waals surface area contributed by atoms with Crippen LogP contribution in [0.1, 0.15) is 19.8 Å². The molecule has 0 radical (unpaired) electrons. The van der Waals surface area contributed by atoms with Crippen molar-refractivity contribution in [1.29, 1.82) is 0 Å². The number of hydrogen-bond donors (Lipinski definition) is 2. The SMILES string of the molecule is CC1(C(=O)O)CCCN1C(=O)Nc1ccc(Cl)c(F)c1. The third kappa shape index (κ3) is 2.56. The average Bonchev–Trinajstić information content (AvgIpc) is 2.77. The van der Waals surface area contributed by atoms with E-state index in [0.717, 1.165) is 6.07 Å². The minimum Gasteiger partial charge on any atom is -0.480 e. The summed E-state index contributed by atoms with van der Waals surface area (Å²) in [5, 5.41) is 11.7. The molecule has 1 fully saturated rings. The van der Waals surface area contributed by atoms with E-state index < -0.39 is 23.4 Å². The Morgan fingerprint density at radius 3 is 2.80 bits per heavy atom. The van der Waals surface area contributed by atoms with Gasteiger partial charge in [-0.1, -0.05) is 11.6 Å². The van der Waals surface area contributed by atoms with E-state index >= 15 is 0 Å². The number of aliphatic carboxylic acids is 1. The summed E-state index contributed by atoms with van der Waals surface area (Å²) in [5.41, 5.74) is -0.994. The van der Waals surface area contributed by atoms with Gasteiger partial charge in [-0.3, -0.25) is 0 Å². The number of halogens is 2. The fourth-order valence-electron chi connectivity index (χ4n) is 2.28. The van der Waals surface area contributed by atoms with Gasteiger partial charge in [0.05, 0.1) is 5.02 Å². The van der Waals surface area contributed by atoms with Crippen molar-refractivity contribution in [3.05, 3.63) is 29.0 Å². The second kappa shape index (κ2) is 5.28. The van der Waals surface area contributed by atoms with Gasteiger partial charge in [-0.25, -0.2) is 14.0 Å². The van der Waals surface area contributed by atoms with Gasteiger partial charge in [-0.05, 0) is 38.0 Å². The number of benzene rings is 1. The van der Waals surface area contributed by atoms with E-state index in [1.54, 1.807) is 0 Å². The number of likely N-dealkylation sites (tertiary alicyclic amines) is 1. The molecule has 1 aliphatic rings. The highest BCUT2D eigenvalue weighted by atomic mass is 35.5. The number of urea groups is 1. The van der Waals surface area contributed by atoms with Crippen LogP contribution in [0.4, 0.5) is 14.9 Å². The van der Waals surface area contributed by atoms with Crippen LogP contribution in [0.3, 0.4) is 0 Å². The molecule has 0 aromatic heterocycles. The Hall–Kier alpha value is -1.82. The number of rotatable bonds is 2. The third-order valence-corrected chi connectivity index (χ3v) is 3.82. The predicted molar refractivity (Wildman–Crippen MR) is 72.4 cm³/mol. The summed E-state index contributed by atoms with van der Waals surface area (Å²) in [4.78, 5) is 24.7. The van der Waals surface area contributed by atoms with Crippen LogP contribution < -0.4 is 5.32 Å². The number of carboxylic acids is 1. The van der Waals surface area contributed by atoms with Crippen LogP contribution in [0.25, 0.3) is 0 Å². The normalized spacial score (nSPS) is 21.9. The highest BCUT2D eigenvalue weighted by molar-refractivity contribution is 6.30. The molecular weight excluding hydrogens is 287 g/mol. The molecule has 1 heterocycles. The molecule has 7 heteroatoms. The maximum atomic E-state index is 13.3. The van der Waals surface area contributed by atoms with Gasteiger partial charge in [0.15, 0.2) is 0 Å². The summed E-state index contributed by atoms with van der Waals surface area (Å²) in [6.07, 6.45) is 1.01. The Labute approximate surface area is 120 Å². The zero-order valence-electron chi connectivity index (χ0n) is 10.8. The van der Waals surface area contributed by atoms with Gasteiger partial charge < -0.3 is 15.3 Å². The van der Waals surface area contributed by atoms with Crippen LogP contribution in [-0.4, -0.2) is 34.1 Å². The molecule has 0 bridgehead atoms. The second-order valence-corrected chi connectivity index (χ2v) is 5.30. The molecule has 2 N–H and O–H groups in total. The standard InChI is InChI=1S/C13H14ClFN2O3/c1-13(11(18)19)5-2-6-17(13)12(20)16-8-3-4-9(14)10(15)7-8/h3-4,7H,2,5-6H2,1H3,(H,16,20)(H,18,19). The monoisotopic (exact) mass is 300 g/mol. The summed E-state index contributed by atoms with van der Waals surface area (Å²) in [5.74, 6) is -1.70. The molecule has 1 unspecified atom stereocenters. The van der Waals surface area contributed by atoms with Crippen molar-refractivity contribution >= 4 is 29.3 Å². The lowest BCUT2D eigenvalue weighted by Gasteiger charge is -2.31. The van der Waals surface area contributed by atoms with Crippen molar-refractivity contribution in [2.24, 2.45) is 0 Å². The molecule has 2 rings (SSSR count). The molecule has 1 aliphatic heterocycles. The lowest BCUT2D eigenvalue weighted by atomic mass is 10.00. The Balaban J connectivity index is 2.15. The fourth-order valence-corrected chi connectivity index (χ4v) is 2.39. The topological polar surface area (TPSA) is 69.6 Å². The van der Waals surface area contributed by atoms with Crippen molar-refractivity contribution in [2.75, 3.05) is 11.9 Å². The number of carboxylic acid groups (broad SMARTS) is 1. The predicted octanol–water partition coefficient (Wildman–Crippen LogP) is 2.95. The smallest absolute Gasteiger partial charge is 0.329 e. The number of hydrogen-bond acceptors (Lipinski definition) is 2. The Morgan fingerprint density at radius 2 is 2.20 bits per heavy atom. The van der Waals surface area contributed by atoms with Crippen LogP contribution in [0.5, 0.6) is 0 Å². The molecule has 0 aliphatic carbocycles. The van der Waals surface area contributed by atoms with Crippen LogP contribution in [0.2, 0.25) is 5.02 Å². The summed E-state index contributed by atoms with van der Waals surface area (Å²) in [7, 11) is 0. The van der Waals surface area contributed by atoms with Crippen molar-refractivity contribution in [1.82, 2.24) is 4.90 Å². The quantitative estimate of drug-likeness (QED) is 0.882. The molecule has 5 nitrogen and oxygen atoms in total. The molecule has 2 amide bonds. The first-order chi connectivity index (χ1) is 9.34. The van der Waals surface area contributed by atoms with E-state index in [0.29, 0.717) is 19.4 Å². The molecular formula is C13H14ClFN2O3. The van der Waals surface area contributed by atoms with Crippen molar-refractivity contribution < 1.29 is 19.1 Å². The number of amides is 2.